The Morgan fingerprint density at radius 2 is 2.19 bits per heavy atom. The number of ether oxygens (including phenoxy) is 1. The third-order valence-corrected chi connectivity index (χ3v) is 2.19. The molecule has 0 heterocycles. The molecule has 0 unspecified atom stereocenters. The van der Waals surface area contributed by atoms with Gasteiger partial charge in [-0.2, -0.15) is 5.26 Å². The van der Waals surface area contributed by atoms with Crippen molar-refractivity contribution in [3.8, 4) is 11.8 Å². The van der Waals surface area contributed by atoms with Crippen molar-refractivity contribution in [2.75, 3.05) is 6.61 Å². The molecule has 3 heteroatoms. The van der Waals surface area contributed by atoms with Crippen LogP contribution in [0.5, 0.6) is 5.75 Å². The van der Waals surface area contributed by atoms with E-state index in [4.69, 9.17) is 15.1 Å². The highest BCUT2D eigenvalue weighted by Crippen LogP contribution is 2.24. The second-order valence-corrected chi connectivity index (χ2v) is 3.93. The van der Waals surface area contributed by atoms with Crippen molar-refractivity contribution in [1.29, 1.82) is 5.26 Å². The van der Waals surface area contributed by atoms with E-state index in [-0.39, 0.29) is 12.7 Å². The number of nitriles is 1. The van der Waals surface area contributed by atoms with Gasteiger partial charge in [-0.3, -0.25) is 0 Å². The Morgan fingerprint density at radius 3 is 2.69 bits per heavy atom. The van der Waals surface area contributed by atoms with Gasteiger partial charge in [-0.25, -0.2) is 0 Å². The molecule has 0 aliphatic rings. The molecule has 1 N–H and O–H groups in total. The first-order chi connectivity index (χ1) is 7.58. The molecule has 1 rings (SSSR count). The molecule has 85 valence electrons. The average Bonchev–Trinajstić information content (AvgIpc) is 2.27. The molecule has 0 saturated heterocycles. The number of rotatable bonds is 4. The number of aliphatic hydroxyl groups excluding tert-OH is 1. The summed E-state index contributed by atoms with van der Waals surface area (Å²) >= 11 is 0. The number of hydrogen-bond acceptors (Lipinski definition) is 3. The average molecular weight is 218 g/mol. The fourth-order valence-electron chi connectivity index (χ4n) is 1.33. The molecule has 0 fully saturated rings. The monoisotopic (exact) mass is 218 g/mol. The van der Waals surface area contributed by atoms with Crippen molar-refractivity contribution in [3.05, 3.63) is 35.2 Å². The molecule has 1 aromatic rings. The molecule has 16 heavy (non-hydrogen) atoms. The van der Waals surface area contributed by atoms with E-state index in [1.54, 1.807) is 12.1 Å². The van der Waals surface area contributed by atoms with Crippen LogP contribution in [0.15, 0.2) is 18.2 Å². The van der Waals surface area contributed by atoms with Crippen LogP contribution in [-0.2, 0) is 0 Å². The van der Waals surface area contributed by atoms with Crippen molar-refractivity contribution in [3.63, 3.8) is 0 Å². The smallest absolute Gasteiger partial charge is 0.137 e. The third kappa shape index (κ3) is 2.98. The number of aliphatic hydroxyl groups is 1. The Hall–Kier alpha value is -1.53. The lowest BCUT2D eigenvalue weighted by atomic mass is 10.00. The molecular weight excluding hydrogens is 202 g/mol. The molecule has 0 bridgehead atoms. The Kier molecular flexibility index (Phi) is 4.33. The fraction of sp³-hybridized carbons (Fsp3) is 0.385. The predicted molar refractivity (Wildman–Crippen MR) is 62.0 cm³/mol. The van der Waals surface area contributed by atoms with Crippen LogP contribution in [0.2, 0.25) is 0 Å². The van der Waals surface area contributed by atoms with E-state index < -0.39 is 0 Å². The van der Waals surface area contributed by atoms with Crippen LogP contribution in [-0.4, -0.2) is 17.8 Å². The zero-order valence-electron chi connectivity index (χ0n) is 9.82. The normalized spacial score (nSPS) is 10.6. The van der Waals surface area contributed by atoms with E-state index >= 15 is 0 Å². The van der Waals surface area contributed by atoms with Gasteiger partial charge in [0.2, 0.25) is 0 Å². The summed E-state index contributed by atoms with van der Waals surface area (Å²) in [5.74, 6) is 1.43. The molecule has 0 spiro atoms. The maximum atomic E-state index is 9.02. The molecule has 0 amide bonds. The van der Waals surface area contributed by atoms with Crippen molar-refractivity contribution in [1.82, 2.24) is 0 Å². The van der Waals surface area contributed by atoms with Crippen LogP contribution in [0.1, 0.15) is 31.9 Å². The summed E-state index contributed by atoms with van der Waals surface area (Å²) in [5.41, 5.74) is 1.37. The number of hydrogen-bond donors (Lipinski definition) is 1. The highest BCUT2D eigenvalue weighted by atomic mass is 16.5. The third-order valence-electron chi connectivity index (χ3n) is 2.19. The minimum Gasteiger partial charge on any atom is -0.490 e. The number of benzene rings is 1. The maximum Gasteiger partial charge on any atom is 0.137 e. The maximum absolute atomic E-state index is 9.02. The van der Waals surface area contributed by atoms with Crippen molar-refractivity contribution < 1.29 is 9.84 Å². The topological polar surface area (TPSA) is 53.2 Å². The van der Waals surface area contributed by atoms with Crippen LogP contribution in [0.3, 0.4) is 0 Å². The molecule has 1 radical (unpaired) electrons. The molecule has 0 aliphatic heterocycles. The van der Waals surface area contributed by atoms with Gasteiger partial charge in [0.1, 0.15) is 11.8 Å². The summed E-state index contributed by atoms with van der Waals surface area (Å²) in [4.78, 5) is 0. The summed E-state index contributed by atoms with van der Waals surface area (Å²) in [6.45, 7) is 5.66. The second-order valence-electron chi connectivity index (χ2n) is 3.93. The van der Waals surface area contributed by atoms with Gasteiger partial charge < -0.3 is 9.84 Å². The summed E-state index contributed by atoms with van der Waals surface area (Å²) in [5, 5.41) is 18.0. The lowest BCUT2D eigenvalue weighted by molar-refractivity contribution is 0.241. The minimum atomic E-state index is -0.00471. The van der Waals surface area contributed by atoms with E-state index in [1.807, 2.05) is 26.8 Å². The van der Waals surface area contributed by atoms with Crippen molar-refractivity contribution >= 4 is 0 Å². The Morgan fingerprint density at radius 1 is 1.50 bits per heavy atom. The van der Waals surface area contributed by atoms with Gasteiger partial charge in [0, 0.05) is 5.92 Å². The molecule has 0 aliphatic carbocycles. The van der Waals surface area contributed by atoms with Gasteiger partial charge in [-0.15, -0.1) is 0 Å². The Labute approximate surface area is 96.3 Å². The first kappa shape index (κ1) is 12.5. The van der Waals surface area contributed by atoms with E-state index in [9.17, 15) is 0 Å². The van der Waals surface area contributed by atoms with Gasteiger partial charge >= 0.3 is 0 Å². The largest absolute Gasteiger partial charge is 0.490 e. The molecule has 0 atom stereocenters. The van der Waals surface area contributed by atoms with Crippen LogP contribution in [0, 0.1) is 17.2 Å². The molecule has 1 aromatic carbocycles. The van der Waals surface area contributed by atoms with E-state index in [2.05, 4.69) is 6.07 Å². The highest BCUT2D eigenvalue weighted by molar-refractivity contribution is 5.48. The highest BCUT2D eigenvalue weighted by Gasteiger charge is 2.10. The quantitative estimate of drug-likeness (QED) is 0.843. The van der Waals surface area contributed by atoms with Gasteiger partial charge in [-0.05, 0) is 31.5 Å². The fourth-order valence-corrected chi connectivity index (χ4v) is 1.33. The lowest BCUT2D eigenvalue weighted by Gasteiger charge is -2.13. The van der Waals surface area contributed by atoms with Crippen LogP contribution in [0.25, 0.3) is 0 Å². The molecule has 0 aromatic heterocycles. The van der Waals surface area contributed by atoms with Gasteiger partial charge in [0.15, 0.2) is 0 Å². The van der Waals surface area contributed by atoms with Gasteiger partial charge in [-0.1, -0.05) is 13.0 Å². The van der Waals surface area contributed by atoms with E-state index in [0.717, 1.165) is 11.5 Å². The zero-order chi connectivity index (χ0) is 12.1. The van der Waals surface area contributed by atoms with Crippen LogP contribution < -0.4 is 4.74 Å². The molecule has 0 saturated carbocycles. The molecular formula is C13H16NO2. The summed E-state index contributed by atoms with van der Waals surface area (Å²) in [6, 6.07) is 7.46. The SMILES string of the molecule is C[C](CO)c1ccc(OC(C)C)c(C#N)c1. The Bertz CT molecular complexity index is 393. The van der Waals surface area contributed by atoms with Crippen LogP contribution in [0.4, 0.5) is 0 Å². The zero-order valence-corrected chi connectivity index (χ0v) is 9.82. The standard InChI is InChI=1S/C13H16NO2/c1-9(2)16-13-5-4-11(10(3)8-15)6-12(13)7-14/h4-6,9,15H,8H2,1-3H3. The second kappa shape index (κ2) is 5.53. The van der Waals surface area contributed by atoms with Crippen molar-refractivity contribution in [2.24, 2.45) is 0 Å². The molecule has 3 nitrogen and oxygen atoms in total. The van der Waals surface area contributed by atoms with Crippen molar-refractivity contribution in [2.45, 2.75) is 26.9 Å². The predicted octanol–water partition coefficient (Wildman–Crippen LogP) is 2.28. The summed E-state index contributed by atoms with van der Waals surface area (Å²) in [6.07, 6.45) is 0.0425. The van der Waals surface area contributed by atoms with Crippen LogP contribution >= 0.6 is 0 Å². The first-order valence-electron chi connectivity index (χ1n) is 5.23. The minimum absolute atomic E-state index is 0.00471. The number of nitrogens with zero attached hydrogens (tertiary/aromatic N) is 1. The van der Waals surface area contributed by atoms with E-state index in [0.29, 0.717) is 11.3 Å². The lowest BCUT2D eigenvalue weighted by Crippen LogP contribution is -2.08. The Balaban J connectivity index is 3.03. The summed E-state index contributed by atoms with van der Waals surface area (Å²) in [7, 11) is 0. The van der Waals surface area contributed by atoms with Gasteiger partial charge in [0.05, 0.1) is 18.3 Å². The van der Waals surface area contributed by atoms with E-state index in [1.165, 1.54) is 0 Å². The first-order valence-corrected chi connectivity index (χ1v) is 5.23. The van der Waals surface area contributed by atoms with Gasteiger partial charge in [0.25, 0.3) is 0 Å². The summed E-state index contributed by atoms with van der Waals surface area (Å²) < 4.78 is 5.51.